The second-order valence-corrected chi connectivity index (χ2v) is 5.11. The normalized spacial score (nSPS) is 19.1. The van der Waals surface area contributed by atoms with E-state index in [0.29, 0.717) is 13.0 Å². The van der Waals surface area contributed by atoms with Crippen LogP contribution in [-0.2, 0) is 0 Å². The smallest absolute Gasteiger partial charge is 0.304 e. The Labute approximate surface area is 121 Å². The highest BCUT2D eigenvalue weighted by atomic mass is 19.1. The van der Waals surface area contributed by atoms with Crippen LogP contribution in [-0.4, -0.2) is 40.0 Å². The number of nitrogens with zero attached hydrogens (tertiary/aromatic N) is 2. The van der Waals surface area contributed by atoms with E-state index < -0.39 is 22.3 Å². The Bertz CT molecular complexity index is 550. The van der Waals surface area contributed by atoms with Crippen molar-refractivity contribution in [2.24, 2.45) is 0 Å². The van der Waals surface area contributed by atoms with Crippen LogP contribution in [0.5, 0.6) is 0 Å². The molecule has 1 amide bonds. The van der Waals surface area contributed by atoms with Crippen molar-refractivity contribution in [3.8, 4) is 0 Å². The lowest BCUT2D eigenvalue weighted by Crippen LogP contribution is -2.42. The number of carbonyl (C=O) groups excluding carboxylic acids is 1. The summed E-state index contributed by atoms with van der Waals surface area (Å²) < 4.78 is 13.6. The minimum Gasteiger partial charge on any atom is -0.394 e. The summed E-state index contributed by atoms with van der Waals surface area (Å²) in [5, 5.41) is 20.0. The fourth-order valence-electron chi connectivity index (χ4n) is 2.59. The first-order valence-electron chi connectivity index (χ1n) is 6.90. The molecule has 0 aromatic heterocycles. The Kier molecular flexibility index (Phi) is 4.85. The summed E-state index contributed by atoms with van der Waals surface area (Å²) in [4.78, 5) is 23.7. The average molecular weight is 296 g/mol. The number of aliphatic hydroxyl groups excluding tert-OH is 1. The molecule has 0 saturated carbocycles. The molecule has 1 aliphatic rings. The van der Waals surface area contributed by atoms with Crippen LogP contribution in [0.15, 0.2) is 18.2 Å². The number of likely N-dealkylation sites (tertiary alicyclic amines) is 1. The summed E-state index contributed by atoms with van der Waals surface area (Å²) in [5.41, 5.74) is -0.584. The molecule has 1 unspecified atom stereocenters. The number of rotatable bonds is 3. The van der Waals surface area contributed by atoms with Crippen molar-refractivity contribution in [3.05, 3.63) is 39.7 Å². The lowest BCUT2D eigenvalue weighted by Gasteiger charge is -2.28. The molecule has 0 aliphatic carbocycles. The molecule has 1 aromatic carbocycles. The van der Waals surface area contributed by atoms with Crippen LogP contribution < -0.4 is 0 Å². The molecular formula is C14H17FN2O4. The SMILES string of the molecule is O=C(c1ccc([N+](=O)[O-])c(F)c1)N1CCCCCC1CO. The lowest BCUT2D eigenvalue weighted by atomic mass is 10.1. The molecule has 1 N–H and O–H groups in total. The summed E-state index contributed by atoms with van der Waals surface area (Å²) in [6.07, 6.45) is 3.45. The fraction of sp³-hybridized carbons (Fsp3) is 0.500. The van der Waals surface area contributed by atoms with Crippen LogP contribution >= 0.6 is 0 Å². The van der Waals surface area contributed by atoms with E-state index in [1.54, 1.807) is 0 Å². The Morgan fingerprint density at radius 1 is 1.43 bits per heavy atom. The Morgan fingerprint density at radius 3 is 2.81 bits per heavy atom. The Hall–Kier alpha value is -2.02. The predicted octanol–water partition coefficient (Wildman–Crippen LogP) is 2.11. The van der Waals surface area contributed by atoms with E-state index in [0.717, 1.165) is 31.4 Å². The van der Waals surface area contributed by atoms with Gasteiger partial charge in [0.05, 0.1) is 17.6 Å². The maximum absolute atomic E-state index is 13.6. The summed E-state index contributed by atoms with van der Waals surface area (Å²) >= 11 is 0. The first-order valence-corrected chi connectivity index (χ1v) is 6.90. The Balaban J connectivity index is 2.25. The first kappa shape index (κ1) is 15.4. The predicted molar refractivity (Wildman–Crippen MR) is 73.4 cm³/mol. The molecule has 0 bridgehead atoms. The highest BCUT2D eigenvalue weighted by molar-refractivity contribution is 5.94. The number of hydrogen-bond donors (Lipinski definition) is 1. The number of amides is 1. The lowest BCUT2D eigenvalue weighted by molar-refractivity contribution is -0.387. The number of benzene rings is 1. The maximum Gasteiger partial charge on any atom is 0.304 e. The molecule has 21 heavy (non-hydrogen) atoms. The number of carbonyl (C=O) groups is 1. The summed E-state index contributed by atoms with van der Waals surface area (Å²) in [5.74, 6) is -1.43. The van der Waals surface area contributed by atoms with Gasteiger partial charge in [0.2, 0.25) is 5.82 Å². The van der Waals surface area contributed by atoms with Crippen molar-refractivity contribution < 1.29 is 19.2 Å². The molecule has 0 spiro atoms. The van der Waals surface area contributed by atoms with E-state index in [-0.39, 0.29) is 18.2 Å². The van der Waals surface area contributed by atoms with Crippen LogP contribution in [0.2, 0.25) is 0 Å². The third kappa shape index (κ3) is 3.36. The Morgan fingerprint density at radius 2 is 2.19 bits per heavy atom. The highest BCUT2D eigenvalue weighted by Crippen LogP contribution is 2.22. The quantitative estimate of drug-likeness (QED) is 0.684. The van der Waals surface area contributed by atoms with Gasteiger partial charge in [-0.1, -0.05) is 12.8 Å². The van der Waals surface area contributed by atoms with Gasteiger partial charge in [-0.3, -0.25) is 14.9 Å². The standard InChI is InChI=1S/C14H17FN2O4/c15-12-8-10(5-6-13(12)17(20)21)14(19)16-7-3-1-2-4-11(16)9-18/h5-6,8,11,18H,1-4,7,9H2. The monoisotopic (exact) mass is 296 g/mol. The number of aliphatic hydroxyl groups is 1. The van der Waals surface area contributed by atoms with Gasteiger partial charge in [-0.05, 0) is 25.0 Å². The molecule has 7 heteroatoms. The third-order valence-electron chi connectivity index (χ3n) is 3.74. The summed E-state index contributed by atoms with van der Waals surface area (Å²) in [6, 6.07) is 2.86. The van der Waals surface area contributed by atoms with Gasteiger partial charge >= 0.3 is 5.69 Å². The molecule has 1 fully saturated rings. The first-order chi connectivity index (χ1) is 10.0. The number of nitro benzene ring substituents is 1. The number of hydrogen-bond acceptors (Lipinski definition) is 4. The van der Waals surface area contributed by atoms with Crippen LogP contribution in [0, 0.1) is 15.9 Å². The van der Waals surface area contributed by atoms with Crippen LogP contribution in [0.4, 0.5) is 10.1 Å². The molecule has 2 rings (SSSR count). The average Bonchev–Trinajstić information content (AvgIpc) is 2.71. The molecule has 114 valence electrons. The zero-order valence-electron chi connectivity index (χ0n) is 11.5. The zero-order valence-corrected chi connectivity index (χ0v) is 11.5. The summed E-state index contributed by atoms with van der Waals surface area (Å²) in [7, 11) is 0. The third-order valence-corrected chi connectivity index (χ3v) is 3.74. The molecule has 1 aliphatic heterocycles. The highest BCUT2D eigenvalue weighted by Gasteiger charge is 2.27. The fourth-order valence-corrected chi connectivity index (χ4v) is 2.59. The van der Waals surface area contributed by atoms with E-state index in [4.69, 9.17) is 0 Å². The molecule has 6 nitrogen and oxygen atoms in total. The van der Waals surface area contributed by atoms with Crippen LogP contribution in [0.25, 0.3) is 0 Å². The van der Waals surface area contributed by atoms with Crippen molar-refractivity contribution in [1.82, 2.24) is 4.90 Å². The van der Waals surface area contributed by atoms with Gasteiger partial charge in [0.15, 0.2) is 0 Å². The second kappa shape index (κ2) is 6.62. The molecular weight excluding hydrogens is 279 g/mol. The molecule has 1 heterocycles. The van der Waals surface area contributed by atoms with E-state index in [2.05, 4.69) is 0 Å². The molecule has 0 radical (unpaired) electrons. The molecule has 1 atom stereocenters. The minimum absolute atomic E-state index is 0.0680. The number of halogens is 1. The van der Waals surface area contributed by atoms with E-state index in [1.165, 1.54) is 11.0 Å². The van der Waals surface area contributed by atoms with Gasteiger partial charge in [-0.2, -0.15) is 4.39 Å². The van der Waals surface area contributed by atoms with Gasteiger partial charge in [0.25, 0.3) is 5.91 Å². The van der Waals surface area contributed by atoms with Gasteiger partial charge in [0, 0.05) is 18.2 Å². The van der Waals surface area contributed by atoms with Gasteiger partial charge in [-0.15, -0.1) is 0 Å². The van der Waals surface area contributed by atoms with E-state index >= 15 is 0 Å². The minimum atomic E-state index is -1.03. The zero-order chi connectivity index (χ0) is 15.4. The number of nitro groups is 1. The largest absolute Gasteiger partial charge is 0.394 e. The molecule has 1 saturated heterocycles. The van der Waals surface area contributed by atoms with Gasteiger partial charge < -0.3 is 10.0 Å². The summed E-state index contributed by atoms with van der Waals surface area (Å²) in [6.45, 7) is 0.365. The van der Waals surface area contributed by atoms with Crippen LogP contribution in [0.3, 0.4) is 0 Å². The van der Waals surface area contributed by atoms with Crippen molar-refractivity contribution in [3.63, 3.8) is 0 Å². The second-order valence-electron chi connectivity index (χ2n) is 5.11. The maximum atomic E-state index is 13.6. The van der Waals surface area contributed by atoms with Crippen molar-refractivity contribution >= 4 is 11.6 Å². The van der Waals surface area contributed by atoms with Crippen LogP contribution in [0.1, 0.15) is 36.0 Å². The van der Waals surface area contributed by atoms with Crippen molar-refractivity contribution in [1.29, 1.82) is 0 Å². The van der Waals surface area contributed by atoms with Gasteiger partial charge in [-0.25, -0.2) is 0 Å². The van der Waals surface area contributed by atoms with E-state index in [1.807, 2.05) is 0 Å². The van der Waals surface area contributed by atoms with Crippen molar-refractivity contribution in [2.45, 2.75) is 31.7 Å². The van der Waals surface area contributed by atoms with E-state index in [9.17, 15) is 24.4 Å². The van der Waals surface area contributed by atoms with Gasteiger partial charge in [0.1, 0.15) is 0 Å². The molecule has 1 aromatic rings. The topological polar surface area (TPSA) is 83.7 Å². The van der Waals surface area contributed by atoms with Crippen molar-refractivity contribution in [2.75, 3.05) is 13.2 Å².